The lowest BCUT2D eigenvalue weighted by Crippen LogP contribution is -2.07. The van der Waals surface area contributed by atoms with Gasteiger partial charge in [0.1, 0.15) is 5.75 Å². The summed E-state index contributed by atoms with van der Waals surface area (Å²) < 4.78 is 10.7. The average Bonchev–Trinajstić information content (AvgIpc) is 2.23. The molecule has 0 saturated heterocycles. The molecular formula is C10H12BrNO3. The van der Waals surface area contributed by atoms with E-state index < -0.39 is 0 Å². The second kappa shape index (κ2) is 5.60. The molecule has 1 aromatic rings. The van der Waals surface area contributed by atoms with Crippen LogP contribution in [0.4, 0.5) is 5.69 Å². The van der Waals surface area contributed by atoms with E-state index in [1.165, 1.54) is 7.11 Å². The van der Waals surface area contributed by atoms with Gasteiger partial charge in [-0.1, -0.05) is 0 Å². The maximum Gasteiger partial charge on any atom is 0.308 e. The van der Waals surface area contributed by atoms with Crippen LogP contribution in [0.3, 0.4) is 0 Å². The lowest BCUT2D eigenvalue weighted by molar-refractivity contribution is -0.141. The Bertz CT molecular complexity index is 355. The van der Waals surface area contributed by atoms with E-state index >= 15 is 0 Å². The molecule has 0 bridgehead atoms. The zero-order chi connectivity index (χ0) is 11.3. The SMILES string of the molecule is COC(=O)CCOc1cc(N)ccc1Br. The first-order valence-electron chi connectivity index (χ1n) is 4.38. The highest BCUT2D eigenvalue weighted by molar-refractivity contribution is 9.10. The summed E-state index contributed by atoms with van der Waals surface area (Å²) >= 11 is 3.32. The Balaban J connectivity index is 2.50. The smallest absolute Gasteiger partial charge is 0.308 e. The molecule has 0 aliphatic rings. The number of anilines is 1. The van der Waals surface area contributed by atoms with Gasteiger partial charge in [-0.2, -0.15) is 0 Å². The predicted octanol–water partition coefficient (Wildman–Crippen LogP) is 1.97. The van der Waals surface area contributed by atoms with E-state index in [9.17, 15) is 4.79 Å². The maximum absolute atomic E-state index is 10.8. The number of hydrogen-bond donors (Lipinski definition) is 1. The monoisotopic (exact) mass is 273 g/mol. The molecule has 1 rings (SSSR count). The van der Waals surface area contributed by atoms with Gasteiger partial charge in [0.2, 0.25) is 0 Å². The molecule has 0 heterocycles. The molecule has 0 atom stereocenters. The number of nitrogen functional groups attached to an aromatic ring is 1. The molecule has 15 heavy (non-hydrogen) atoms. The Hall–Kier alpha value is -1.23. The second-order valence-electron chi connectivity index (χ2n) is 2.86. The van der Waals surface area contributed by atoms with Gasteiger partial charge >= 0.3 is 5.97 Å². The molecule has 1 aromatic carbocycles. The van der Waals surface area contributed by atoms with Crippen molar-refractivity contribution in [2.45, 2.75) is 6.42 Å². The number of nitrogens with two attached hydrogens (primary N) is 1. The van der Waals surface area contributed by atoms with Gasteiger partial charge in [0.15, 0.2) is 0 Å². The third-order valence-corrected chi connectivity index (χ3v) is 2.40. The summed E-state index contributed by atoms with van der Waals surface area (Å²) in [6, 6.07) is 5.25. The molecule has 0 spiro atoms. The van der Waals surface area contributed by atoms with Gasteiger partial charge in [0.05, 0.1) is 24.6 Å². The van der Waals surface area contributed by atoms with E-state index in [0.29, 0.717) is 11.4 Å². The Labute approximate surface area is 96.5 Å². The minimum absolute atomic E-state index is 0.220. The summed E-state index contributed by atoms with van der Waals surface area (Å²) in [6.45, 7) is 0.273. The number of esters is 1. The predicted molar refractivity (Wildman–Crippen MR) is 60.7 cm³/mol. The lowest BCUT2D eigenvalue weighted by Gasteiger charge is -2.07. The summed E-state index contributed by atoms with van der Waals surface area (Å²) in [5, 5.41) is 0. The van der Waals surface area contributed by atoms with E-state index in [4.69, 9.17) is 10.5 Å². The average molecular weight is 274 g/mol. The quantitative estimate of drug-likeness (QED) is 0.673. The topological polar surface area (TPSA) is 61.5 Å². The molecule has 0 aromatic heterocycles. The second-order valence-corrected chi connectivity index (χ2v) is 3.72. The Morgan fingerprint density at radius 1 is 1.53 bits per heavy atom. The van der Waals surface area contributed by atoms with Crippen LogP contribution in [0.5, 0.6) is 5.75 Å². The molecule has 0 saturated carbocycles. The molecule has 4 nitrogen and oxygen atoms in total. The van der Waals surface area contributed by atoms with Gasteiger partial charge in [-0.3, -0.25) is 4.79 Å². The molecule has 5 heteroatoms. The van der Waals surface area contributed by atoms with E-state index in [1.807, 2.05) is 0 Å². The molecule has 0 aliphatic heterocycles. The van der Waals surface area contributed by atoms with Crippen LogP contribution < -0.4 is 10.5 Å². The van der Waals surface area contributed by atoms with Crippen LogP contribution in [0.2, 0.25) is 0 Å². The summed E-state index contributed by atoms with van der Waals surface area (Å²) in [6.07, 6.45) is 0.220. The Kier molecular flexibility index (Phi) is 4.42. The van der Waals surface area contributed by atoms with E-state index in [0.717, 1.165) is 4.47 Å². The number of benzene rings is 1. The van der Waals surface area contributed by atoms with Crippen LogP contribution >= 0.6 is 15.9 Å². The number of rotatable bonds is 4. The van der Waals surface area contributed by atoms with Crippen LogP contribution in [0.25, 0.3) is 0 Å². The van der Waals surface area contributed by atoms with Gasteiger partial charge in [-0.05, 0) is 28.1 Å². The highest BCUT2D eigenvalue weighted by atomic mass is 79.9. The minimum Gasteiger partial charge on any atom is -0.492 e. The van der Waals surface area contributed by atoms with E-state index in [1.54, 1.807) is 18.2 Å². The van der Waals surface area contributed by atoms with Crippen molar-refractivity contribution in [2.75, 3.05) is 19.5 Å². The van der Waals surface area contributed by atoms with E-state index in [-0.39, 0.29) is 19.0 Å². The number of methoxy groups -OCH3 is 1. The third kappa shape index (κ3) is 3.79. The van der Waals surface area contributed by atoms with Crippen molar-refractivity contribution in [1.29, 1.82) is 0 Å². The zero-order valence-electron chi connectivity index (χ0n) is 8.33. The number of hydrogen-bond acceptors (Lipinski definition) is 4. The standard InChI is InChI=1S/C10H12BrNO3/c1-14-10(13)4-5-15-9-6-7(12)2-3-8(9)11/h2-3,6H,4-5,12H2,1H3. The summed E-state index contributed by atoms with van der Waals surface area (Å²) in [7, 11) is 1.35. The van der Waals surface area contributed by atoms with Crippen LogP contribution in [-0.4, -0.2) is 19.7 Å². The fraction of sp³-hybridized carbons (Fsp3) is 0.300. The van der Waals surface area contributed by atoms with Crippen molar-refractivity contribution in [2.24, 2.45) is 0 Å². The van der Waals surface area contributed by atoms with Gasteiger partial charge in [-0.15, -0.1) is 0 Å². The van der Waals surface area contributed by atoms with Crippen LogP contribution in [0, 0.1) is 0 Å². The molecule has 2 N–H and O–H groups in total. The van der Waals surface area contributed by atoms with Crippen LogP contribution in [0.1, 0.15) is 6.42 Å². The first-order valence-corrected chi connectivity index (χ1v) is 5.17. The lowest BCUT2D eigenvalue weighted by atomic mass is 10.3. The first kappa shape index (κ1) is 11.8. The normalized spacial score (nSPS) is 9.73. The summed E-state index contributed by atoms with van der Waals surface area (Å²) in [5.41, 5.74) is 6.21. The zero-order valence-corrected chi connectivity index (χ0v) is 9.91. The fourth-order valence-electron chi connectivity index (χ4n) is 0.977. The number of ether oxygens (including phenoxy) is 2. The molecule has 0 unspecified atom stereocenters. The van der Waals surface area contributed by atoms with Crippen molar-refractivity contribution < 1.29 is 14.3 Å². The van der Waals surface area contributed by atoms with Crippen LogP contribution in [-0.2, 0) is 9.53 Å². The van der Waals surface area contributed by atoms with E-state index in [2.05, 4.69) is 20.7 Å². The van der Waals surface area contributed by atoms with Crippen molar-refractivity contribution in [3.8, 4) is 5.75 Å². The Morgan fingerprint density at radius 3 is 2.93 bits per heavy atom. The van der Waals surface area contributed by atoms with Gasteiger partial charge in [0.25, 0.3) is 0 Å². The van der Waals surface area contributed by atoms with Crippen molar-refractivity contribution in [3.63, 3.8) is 0 Å². The highest BCUT2D eigenvalue weighted by Gasteiger charge is 2.04. The van der Waals surface area contributed by atoms with Crippen molar-refractivity contribution in [3.05, 3.63) is 22.7 Å². The third-order valence-electron chi connectivity index (χ3n) is 1.75. The summed E-state index contributed by atoms with van der Waals surface area (Å²) in [5.74, 6) is 0.328. The summed E-state index contributed by atoms with van der Waals surface area (Å²) in [4.78, 5) is 10.8. The molecule has 0 radical (unpaired) electrons. The molecular weight excluding hydrogens is 262 g/mol. The van der Waals surface area contributed by atoms with Gasteiger partial charge < -0.3 is 15.2 Å². The highest BCUT2D eigenvalue weighted by Crippen LogP contribution is 2.26. The largest absolute Gasteiger partial charge is 0.492 e. The minimum atomic E-state index is -0.296. The van der Waals surface area contributed by atoms with Crippen molar-refractivity contribution in [1.82, 2.24) is 0 Å². The number of carbonyl (C=O) groups excluding carboxylic acids is 1. The number of halogens is 1. The molecule has 0 amide bonds. The Morgan fingerprint density at radius 2 is 2.27 bits per heavy atom. The first-order chi connectivity index (χ1) is 7.13. The molecule has 82 valence electrons. The fourth-order valence-corrected chi connectivity index (χ4v) is 1.34. The van der Waals surface area contributed by atoms with Crippen LogP contribution in [0.15, 0.2) is 22.7 Å². The van der Waals surface area contributed by atoms with Crippen molar-refractivity contribution >= 4 is 27.6 Å². The number of carbonyl (C=O) groups is 1. The van der Waals surface area contributed by atoms with Gasteiger partial charge in [-0.25, -0.2) is 0 Å². The molecule has 0 aliphatic carbocycles. The van der Waals surface area contributed by atoms with Gasteiger partial charge in [0, 0.05) is 11.8 Å². The maximum atomic E-state index is 10.8. The molecule has 0 fully saturated rings.